The standard InChI is InChI=1S/C18H22N4O2.H2S/c1-12(2)15-10-16(21-20-15)18(24)22-9-8-14(11-22)19-17(23)13-6-4-3-5-7-13;/h3-7,10,12,14H,8-9,11H2,1-2H3,(H,19,23)(H,20,21);1H2/t14-;/m0./s1. The Bertz CT molecular complexity index is 730. The van der Waals surface area contributed by atoms with Gasteiger partial charge in [-0.25, -0.2) is 0 Å². The maximum atomic E-state index is 12.5. The van der Waals surface area contributed by atoms with E-state index in [2.05, 4.69) is 15.5 Å². The van der Waals surface area contributed by atoms with Gasteiger partial charge in [0.05, 0.1) is 0 Å². The first-order chi connectivity index (χ1) is 11.5. The highest BCUT2D eigenvalue weighted by Crippen LogP contribution is 2.16. The molecule has 0 bridgehead atoms. The first-order valence-corrected chi connectivity index (χ1v) is 8.25. The van der Waals surface area contributed by atoms with Gasteiger partial charge in [0, 0.05) is 30.4 Å². The summed E-state index contributed by atoms with van der Waals surface area (Å²) < 4.78 is 0. The van der Waals surface area contributed by atoms with E-state index in [9.17, 15) is 9.59 Å². The molecule has 134 valence electrons. The number of rotatable bonds is 4. The third-order valence-electron chi connectivity index (χ3n) is 4.29. The molecule has 2 amide bonds. The fourth-order valence-electron chi connectivity index (χ4n) is 2.82. The number of aromatic amines is 1. The molecule has 6 nitrogen and oxygen atoms in total. The lowest BCUT2D eigenvalue weighted by molar-refractivity contribution is 0.0777. The Morgan fingerprint density at radius 3 is 2.64 bits per heavy atom. The Hall–Kier alpha value is -2.28. The maximum absolute atomic E-state index is 12.5. The van der Waals surface area contributed by atoms with E-state index in [4.69, 9.17) is 0 Å². The molecular weight excluding hydrogens is 336 g/mol. The summed E-state index contributed by atoms with van der Waals surface area (Å²) in [5, 5.41) is 10.0. The number of benzene rings is 1. The zero-order chi connectivity index (χ0) is 17.1. The topological polar surface area (TPSA) is 78.1 Å². The molecule has 0 unspecified atom stereocenters. The first-order valence-electron chi connectivity index (χ1n) is 8.25. The summed E-state index contributed by atoms with van der Waals surface area (Å²) in [4.78, 5) is 26.5. The van der Waals surface area contributed by atoms with Crippen LogP contribution in [0.4, 0.5) is 0 Å². The van der Waals surface area contributed by atoms with E-state index in [-0.39, 0.29) is 31.4 Å². The number of aromatic nitrogens is 2. The number of hydrogen-bond donors (Lipinski definition) is 2. The lowest BCUT2D eigenvalue weighted by atomic mass is 10.1. The largest absolute Gasteiger partial charge is 0.347 e. The van der Waals surface area contributed by atoms with Gasteiger partial charge in [-0.1, -0.05) is 32.0 Å². The van der Waals surface area contributed by atoms with Crippen molar-refractivity contribution in [2.24, 2.45) is 0 Å². The van der Waals surface area contributed by atoms with Crippen molar-refractivity contribution < 1.29 is 9.59 Å². The van der Waals surface area contributed by atoms with Crippen molar-refractivity contribution in [3.63, 3.8) is 0 Å². The summed E-state index contributed by atoms with van der Waals surface area (Å²) in [5.74, 6) is 0.113. The highest BCUT2D eigenvalue weighted by molar-refractivity contribution is 7.59. The fraction of sp³-hybridized carbons (Fsp3) is 0.389. The van der Waals surface area contributed by atoms with Crippen molar-refractivity contribution >= 4 is 25.3 Å². The average Bonchev–Trinajstić information content (AvgIpc) is 3.24. The van der Waals surface area contributed by atoms with Crippen molar-refractivity contribution in [2.45, 2.75) is 32.2 Å². The molecule has 1 atom stereocenters. The van der Waals surface area contributed by atoms with Gasteiger partial charge in [-0.2, -0.15) is 18.6 Å². The van der Waals surface area contributed by atoms with Gasteiger partial charge >= 0.3 is 0 Å². The molecule has 1 aliphatic rings. The molecule has 25 heavy (non-hydrogen) atoms. The molecule has 2 heterocycles. The molecule has 2 N–H and O–H groups in total. The normalized spacial score (nSPS) is 16.6. The molecular formula is C18H24N4O2S. The number of hydrogen-bond acceptors (Lipinski definition) is 3. The molecule has 1 aromatic carbocycles. The fourth-order valence-corrected chi connectivity index (χ4v) is 2.82. The third kappa shape index (κ3) is 4.42. The van der Waals surface area contributed by atoms with Crippen LogP contribution in [0, 0.1) is 0 Å². The highest BCUT2D eigenvalue weighted by Gasteiger charge is 2.29. The van der Waals surface area contributed by atoms with Crippen molar-refractivity contribution in [1.82, 2.24) is 20.4 Å². The van der Waals surface area contributed by atoms with Crippen LogP contribution >= 0.6 is 13.5 Å². The smallest absolute Gasteiger partial charge is 0.274 e. The summed E-state index contributed by atoms with van der Waals surface area (Å²) >= 11 is 0. The third-order valence-corrected chi connectivity index (χ3v) is 4.29. The molecule has 7 heteroatoms. The van der Waals surface area contributed by atoms with Crippen molar-refractivity contribution in [1.29, 1.82) is 0 Å². The maximum Gasteiger partial charge on any atom is 0.274 e. The monoisotopic (exact) mass is 360 g/mol. The van der Waals surface area contributed by atoms with Gasteiger partial charge in [0.2, 0.25) is 0 Å². The lowest BCUT2D eigenvalue weighted by Crippen LogP contribution is -2.38. The number of nitrogens with one attached hydrogen (secondary N) is 2. The minimum Gasteiger partial charge on any atom is -0.347 e. The second-order valence-corrected chi connectivity index (χ2v) is 6.44. The van der Waals surface area contributed by atoms with Crippen molar-refractivity contribution in [3.8, 4) is 0 Å². The van der Waals surface area contributed by atoms with Crippen LogP contribution in [0.25, 0.3) is 0 Å². The Morgan fingerprint density at radius 2 is 2.00 bits per heavy atom. The SMILES string of the molecule is CC(C)c1cc(C(=O)N2CC[C@H](NC(=O)c3ccccc3)C2)n[nH]1.S. The van der Waals surface area contributed by atoms with Crippen LogP contribution in [0.15, 0.2) is 36.4 Å². The molecule has 3 rings (SSSR count). The Kier molecular flexibility index (Phi) is 6.25. The number of carbonyl (C=O) groups excluding carboxylic acids is 2. The number of likely N-dealkylation sites (tertiary alicyclic amines) is 1. The van der Waals surface area contributed by atoms with Crippen LogP contribution in [0.3, 0.4) is 0 Å². The van der Waals surface area contributed by atoms with Gasteiger partial charge < -0.3 is 10.2 Å². The number of nitrogens with zero attached hydrogens (tertiary/aromatic N) is 2. The van der Waals surface area contributed by atoms with Crippen LogP contribution in [0.5, 0.6) is 0 Å². The van der Waals surface area contributed by atoms with Gasteiger partial charge in [0.25, 0.3) is 11.8 Å². The molecule has 0 saturated carbocycles. The zero-order valence-corrected chi connectivity index (χ0v) is 15.5. The van der Waals surface area contributed by atoms with E-state index < -0.39 is 0 Å². The van der Waals surface area contributed by atoms with Crippen LogP contribution in [-0.2, 0) is 0 Å². The molecule has 0 radical (unpaired) electrons. The van der Waals surface area contributed by atoms with Gasteiger partial charge in [0.15, 0.2) is 0 Å². The molecule has 2 aromatic rings. The number of H-pyrrole nitrogens is 1. The summed E-state index contributed by atoms with van der Waals surface area (Å²) in [6.07, 6.45) is 0.756. The average molecular weight is 360 g/mol. The molecule has 1 aliphatic heterocycles. The first kappa shape index (κ1) is 19.1. The van der Waals surface area contributed by atoms with Gasteiger partial charge in [-0.15, -0.1) is 0 Å². The minimum atomic E-state index is -0.100. The molecule has 1 fully saturated rings. The predicted molar refractivity (Wildman–Crippen MR) is 101 cm³/mol. The van der Waals surface area contributed by atoms with E-state index in [1.807, 2.05) is 38.1 Å². The van der Waals surface area contributed by atoms with Crippen LogP contribution in [0.2, 0.25) is 0 Å². The Balaban J connectivity index is 0.00000225. The van der Waals surface area contributed by atoms with Gasteiger partial charge in [-0.05, 0) is 30.5 Å². The van der Waals surface area contributed by atoms with E-state index in [0.717, 1.165) is 12.1 Å². The highest BCUT2D eigenvalue weighted by atomic mass is 32.1. The predicted octanol–water partition coefficient (Wildman–Crippen LogP) is 2.29. The molecule has 1 aromatic heterocycles. The van der Waals surface area contributed by atoms with Crippen molar-refractivity contribution in [3.05, 3.63) is 53.3 Å². The van der Waals surface area contributed by atoms with E-state index in [1.165, 1.54) is 0 Å². The molecule has 0 aliphatic carbocycles. The second kappa shape index (κ2) is 8.20. The Labute approximate surface area is 154 Å². The molecule has 1 saturated heterocycles. The summed E-state index contributed by atoms with van der Waals surface area (Å²) in [5.41, 5.74) is 2.02. The summed E-state index contributed by atoms with van der Waals surface area (Å²) in [6, 6.07) is 10.9. The van der Waals surface area contributed by atoms with Crippen LogP contribution in [-0.4, -0.2) is 46.0 Å². The van der Waals surface area contributed by atoms with E-state index in [0.29, 0.717) is 30.3 Å². The molecule has 0 spiro atoms. The van der Waals surface area contributed by atoms with Crippen LogP contribution < -0.4 is 5.32 Å². The quantitative estimate of drug-likeness (QED) is 0.878. The van der Waals surface area contributed by atoms with E-state index in [1.54, 1.807) is 17.0 Å². The number of carbonyl (C=O) groups is 2. The van der Waals surface area contributed by atoms with Crippen LogP contribution in [0.1, 0.15) is 52.7 Å². The second-order valence-electron chi connectivity index (χ2n) is 6.44. The zero-order valence-electron chi connectivity index (χ0n) is 14.5. The van der Waals surface area contributed by atoms with E-state index >= 15 is 0 Å². The van der Waals surface area contributed by atoms with Gasteiger partial charge in [-0.3, -0.25) is 14.7 Å². The Morgan fingerprint density at radius 1 is 1.28 bits per heavy atom. The summed E-state index contributed by atoms with van der Waals surface area (Å²) in [7, 11) is 0. The van der Waals surface area contributed by atoms with Crippen molar-refractivity contribution in [2.75, 3.05) is 13.1 Å². The van der Waals surface area contributed by atoms with Gasteiger partial charge in [0.1, 0.15) is 5.69 Å². The summed E-state index contributed by atoms with van der Waals surface area (Å²) in [6.45, 7) is 5.24. The minimum absolute atomic E-state index is 0. The lowest BCUT2D eigenvalue weighted by Gasteiger charge is -2.16. The number of amides is 2.